The van der Waals surface area contributed by atoms with Crippen LogP contribution < -0.4 is 15.4 Å². The molecule has 2 heterocycles. The number of nitrogens with zero attached hydrogens (tertiary/aromatic N) is 2. The number of hydrogen-bond donors (Lipinski definition) is 3. The maximum Gasteiger partial charge on any atom is 0.324 e. The van der Waals surface area contributed by atoms with Gasteiger partial charge in [-0.15, -0.1) is 0 Å². The second-order valence-electron chi connectivity index (χ2n) is 6.82. The van der Waals surface area contributed by atoms with Gasteiger partial charge in [-0.05, 0) is 51.1 Å². The highest BCUT2D eigenvalue weighted by Crippen LogP contribution is 2.26. The summed E-state index contributed by atoms with van der Waals surface area (Å²) in [5.74, 6) is 1.82. The van der Waals surface area contributed by atoms with Crippen LogP contribution in [-0.2, 0) is 6.61 Å². The van der Waals surface area contributed by atoms with E-state index < -0.39 is 0 Å². The third kappa shape index (κ3) is 4.06. The van der Waals surface area contributed by atoms with Gasteiger partial charge < -0.3 is 14.6 Å². The maximum atomic E-state index is 12.3. The Morgan fingerprint density at radius 2 is 1.90 bits per heavy atom. The Morgan fingerprint density at radius 3 is 2.62 bits per heavy atom. The molecule has 0 fully saturated rings. The summed E-state index contributed by atoms with van der Waals surface area (Å²) in [5, 5.41) is 17.3. The van der Waals surface area contributed by atoms with E-state index in [1.807, 2.05) is 63.2 Å². The molecule has 3 N–H and O–H groups in total. The number of rotatable bonds is 5. The zero-order chi connectivity index (χ0) is 20.4. The van der Waals surface area contributed by atoms with Crippen LogP contribution in [0, 0.1) is 20.8 Å². The molecule has 2 aromatic carbocycles. The Balaban J connectivity index is 1.48. The number of H-pyrrole nitrogens is 1. The van der Waals surface area contributed by atoms with Gasteiger partial charge in [0.05, 0.1) is 16.8 Å². The van der Waals surface area contributed by atoms with E-state index in [1.165, 1.54) is 0 Å². The first-order chi connectivity index (χ1) is 14.0. The molecule has 0 aliphatic carbocycles. The molecular weight excluding hydrogens is 370 g/mol. The minimum atomic E-state index is -0.371. The summed E-state index contributed by atoms with van der Waals surface area (Å²) >= 11 is 0. The lowest BCUT2D eigenvalue weighted by Crippen LogP contribution is -2.19. The molecule has 4 rings (SSSR count). The summed E-state index contributed by atoms with van der Waals surface area (Å²) in [6.07, 6.45) is 0. The Morgan fingerprint density at radius 1 is 1.10 bits per heavy atom. The van der Waals surface area contributed by atoms with Gasteiger partial charge in [-0.2, -0.15) is 5.10 Å². The van der Waals surface area contributed by atoms with Gasteiger partial charge in [-0.1, -0.05) is 22.9 Å². The number of aryl methyl sites for hydroxylation is 3. The maximum absolute atomic E-state index is 12.3. The van der Waals surface area contributed by atoms with Crippen molar-refractivity contribution < 1.29 is 14.1 Å². The quantitative estimate of drug-likeness (QED) is 0.457. The Bertz CT molecular complexity index is 1140. The number of carbonyl (C=O) groups excluding carboxylic acids is 1. The number of carbonyl (C=O) groups is 1. The molecule has 148 valence electrons. The standard InChI is InChI=1S/C21H21N5O3/c1-12-4-6-15(7-5-12)22-21(27)23-20-17-10-16(8-9-19(17)24-25-20)28-11-18-13(2)26-29-14(18)3/h4-10H,11H2,1-3H3,(H3,22,23,24,25,27). The Kier molecular flexibility index (Phi) is 4.90. The summed E-state index contributed by atoms with van der Waals surface area (Å²) in [7, 11) is 0. The van der Waals surface area contributed by atoms with Crippen molar-refractivity contribution in [1.82, 2.24) is 15.4 Å². The van der Waals surface area contributed by atoms with Crippen molar-refractivity contribution in [3.8, 4) is 5.75 Å². The van der Waals surface area contributed by atoms with Crippen LogP contribution in [0.15, 0.2) is 47.0 Å². The fraction of sp³-hybridized carbons (Fsp3) is 0.190. The van der Waals surface area contributed by atoms with Gasteiger partial charge in [-0.3, -0.25) is 10.4 Å². The average molecular weight is 391 g/mol. The average Bonchev–Trinajstić information content (AvgIpc) is 3.24. The molecule has 2 aromatic heterocycles. The fourth-order valence-corrected chi connectivity index (χ4v) is 2.95. The van der Waals surface area contributed by atoms with Gasteiger partial charge in [0.25, 0.3) is 0 Å². The zero-order valence-corrected chi connectivity index (χ0v) is 16.4. The van der Waals surface area contributed by atoms with Gasteiger partial charge >= 0.3 is 6.03 Å². The SMILES string of the molecule is Cc1ccc(NC(=O)Nc2n[nH]c3ccc(OCc4c(C)noc4C)cc23)cc1. The molecule has 0 bridgehead atoms. The van der Waals surface area contributed by atoms with Crippen molar-refractivity contribution >= 4 is 28.4 Å². The second-order valence-corrected chi connectivity index (χ2v) is 6.82. The van der Waals surface area contributed by atoms with Crippen LogP contribution in [0.25, 0.3) is 10.9 Å². The van der Waals surface area contributed by atoms with Gasteiger partial charge in [0.2, 0.25) is 0 Å². The minimum absolute atomic E-state index is 0.348. The third-order valence-corrected chi connectivity index (χ3v) is 4.64. The van der Waals surface area contributed by atoms with Crippen molar-refractivity contribution in [3.05, 3.63) is 65.0 Å². The highest BCUT2D eigenvalue weighted by atomic mass is 16.5. The number of aromatic nitrogens is 3. The van der Waals surface area contributed by atoms with Gasteiger partial charge in [-0.25, -0.2) is 4.79 Å². The number of aromatic amines is 1. The summed E-state index contributed by atoms with van der Waals surface area (Å²) in [4.78, 5) is 12.3. The molecular formula is C21H21N5O3. The van der Waals surface area contributed by atoms with E-state index in [-0.39, 0.29) is 6.03 Å². The van der Waals surface area contributed by atoms with Gasteiger partial charge in [0, 0.05) is 11.1 Å². The molecule has 0 radical (unpaired) electrons. The van der Waals surface area contributed by atoms with E-state index in [9.17, 15) is 4.79 Å². The second kappa shape index (κ2) is 7.67. The van der Waals surface area contributed by atoms with Crippen LogP contribution in [-0.4, -0.2) is 21.4 Å². The molecule has 0 spiro atoms. The van der Waals surface area contributed by atoms with E-state index in [2.05, 4.69) is 26.0 Å². The normalized spacial score (nSPS) is 10.9. The van der Waals surface area contributed by atoms with Crippen molar-refractivity contribution in [2.75, 3.05) is 10.6 Å². The lowest BCUT2D eigenvalue weighted by Gasteiger charge is -2.08. The molecule has 0 saturated carbocycles. The van der Waals surface area contributed by atoms with E-state index in [4.69, 9.17) is 9.26 Å². The largest absolute Gasteiger partial charge is 0.489 e. The number of hydrogen-bond acceptors (Lipinski definition) is 5. The Labute approximate surface area is 167 Å². The molecule has 8 nitrogen and oxygen atoms in total. The molecule has 0 unspecified atom stereocenters. The molecule has 0 aliphatic rings. The number of fused-ring (bicyclic) bond motifs is 1. The molecule has 29 heavy (non-hydrogen) atoms. The molecule has 2 amide bonds. The van der Waals surface area contributed by atoms with Crippen molar-refractivity contribution in [3.63, 3.8) is 0 Å². The number of nitrogens with one attached hydrogen (secondary N) is 3. The monoisotopic (exact) mass is 391 g/mol. The highest BCUT2D eigenvalue weighted by Gasteiger charge is 2.13. The smallest absolute Gasteiger partial charge is 0.324 e. The van der Waals surface area contributed by atoms with E-state index in [1.54, 1.807) is 0 Å². The first-order valence-corrected chi connectivity index (χ1v) is 9.17. The van der Waals surface area contributed by atoms with Gasteiger partial charge in [0.1, 0.15) is 18.1 Å². The first kappa shape index (κ1) is 18.5. The van der Waals surface area contributed by atoms with Crippen LogP contribution in [0.1, 0.15) is 22.6 Å². The minimum Gasteiger partial charge on any atom is -0.489 e. The van der Waals surface area contributed by atoms with Crippen LogP contribution in [0.5, 0.6) is 5.75 Å². The van der Waals surface area contributed by atoms with Crippen molar-refractivity contribution in [2.24, 2.45) is 0 Å². The molecule has 0 saturated heterocycles. The molecule has 8 heteroatoms. The summed E-state index contributed by atoms with van der Waals surface area (Å²) in [6, 6.07) is 12.7. The number of anilines is 2. The molecule has 0 atom stereocenters. The third-order valence-electron chi connectivity index (χ3n) is 4.64. The number of amides is 2. The van der Waals surface area contributed by atoms with E-state index in [0.717, 1.165) is 33.5 Å². The number of ether oxygens (including phenoxy) is 1. The van der Waals surface area contributed by atoms with Gasteiger partial charge in [0.15, 0.2) is 5.82 Å². The topological polar surface area (TPSA) is 105 Å². The first-order valence-electron chi connectivity index (χ1n) is 9.17. The highest BCUT2D eigenvalue weighted by molar-refractivity contribution is 6.04. The van der Waals surface area contributed by atoms with Crippen molar-refractivity contribution in [2.45, 2.75) is 27.4 Å². The number of urea groups is 1. The summed E-state index contributed by atoms with van der Waals surface area (Å²) in [5.41, 5.74) is 4.35. The van der Waals surface area contributed by atoms with Crippen LogP contribution in [0.4, 0.5) is 16.3 Å². The Hall–Kier alpha value is -3.81. The summed E-state index contributed by atoms with van der Waals surface area (Å²) in [6.45, 7) is 6.07. The van der Waals surface area contributed by atoms with Crippen LogP contribution in [0.2, 0.25) is 0 Å². The van der Waals surface area contributed by atoms with Crippen molar-refractivity contribution in [1.29, 1.82) is 0 Å². The molecule has 4 aromatic rings. The predicted molar refractivity (Wildman–Crippen MR) is 110 cm³/mol. The zero-order valence-electron chi connectivity index (χ0n) is 16.4. The number of benzene rings is 2. The fourth-order valence-electron chi connectivity index (χ4n) is 2.95. The predicted octanol–water partition coefficient (Wildman–Crippen LogP) is 4.70. The van der Waals surface area contributed by atoms with E-state index in [0.29, 0.717) is 23.9 Å². The van der Waals surface area contributed by atoms with Crippen LogP contribution in [0.3, 0.4) is 0 Å². The van der Waals surface area contributed by atoms with Crippen LogP contribution >= 0.6 is 0 Å². The van der Waals surface area contributed by atoms with E-state index >= 15 is 0 Å². The molecule has 0 aliphatic heterocycles. The lowest BCUT2D eigenvalue weighted by molar-refractivity contribution is 0.262. The summed E-state index contributed by atoms with van der Waals surface area (Å²) < 4.78 is 11.0. The lowest BCUT2D eigenvalue weighted by atomic mass is 10.2.